The summed E-state index contributed by atoms with van der Waals surface area (Å²) in [5.74, 6) is -0.751. The molecule has 10 heteroatoms. The molecule has 2 amide bonds. The number of nitrogens with one attached hydrogen (secondary N) is 1. The lowest BCUT2D eigenvalue weighted by molar-refractivity contribution is 0.0901. The highest BCUT2D eigenvalue weighted by Gasteiger charge is 2.33. The summed E-state index contributed by atoms with van der Waals surface area (Å²) in [4.78, 5) is 32.4. The van der Waals surface area contributed by atoms with E-state index in [1.165, 1.54) is 0 Å². The Labute approximate surface area is 143 Å². The van der Waals surface area contributed by atoms with Crippen LogP contribution in [0.3, 0.4) is 0 Å². The van der Waals surface area contributed by atoms with E-state index in [0.29, 0.717) is 6.54 Å². The highest BCUT2D eigenvalue weighted by molar-refractivity contribution is 5.94. The summed E-state index contributed by atoms with van der Waals surface area (Å²) in [6.45, 7) is 5.90. The van der Waals surface area contributed by atoms with Crippen molar-refractivity contribution in [3.8, 4) is 11.6 Å². The summed E-state index contributed by atoms with van der Waals surface area (Å²) >= 11 is 0. The molecule has 2 aromatic rings. The summed E-state index contributed by atoms with van der Waals surface area (Å²) in [5.41, 5.74) is 4.52. The van der Waals surface area contributed by atoms with Gasteiger partial charge in [-0.3, -0.25) is 14.3 Å². The van der Waals surface area contributed by atoms with Crippen LogP contribution in [0.25, 0.3) is 0 Å². The molecule has 0 spiro atoms. The van der Waals surface area contributed by atoms with Gasteiger partial charge in [-0.1, -0.05) is 0 Å². The summed E-state index contributed by atoms with van der Waals surface area (Å²) in [6.07, 6.45) is 1.71. The number of aromatic nitrogens is 4. The van der Waals surface area contributed by atoms with Gasteiger partial charge in [-0.25, -0.2) is 4.98 Å². The normalized spacial score (nSPS) is 12.9. The fourth-order valence-corrected chi connectivity index (χ4v) is 2.31. The lowest BCUT2D eigenvalue weighted by Crippen LogP contribution is -2.43. The van der Waals surface area contributed by atoms with Crippen molar-refractivity contribution in [2.45, 2.75) is 32.9 Å². The SMILES string of the molecule is CCn1ccc(C(=O)NC(C)(C)c2nc3c(c(C(N)=O)n2)OCO3)n1. The van der Waals surface area contributed by atoms with Gasteiger partial charge >= 0.3 is 0 Å². The third-order valence-corrected chi connectivity index (χ3v) is 3.65. The van der Waals surface area contributed by atoms with E-state index >= 15 is 0 Å². The Balaban J connectivity index is 1.90. The van der Waals surface area contributed by atoms with Crippen molar-refractivity contribution in [2.24, 2.45) is 5.73 Å². The molecule has 0 fully saturated rings. The van der Waals surface area contributed by atoms with E-state index in [0.717, 1.165) is 0 Å². The molecule has 1 aliphatic rings. The zero-order chi connectivity index (χ0) is 18.2. The van der Waals surface area contributed by atoms with E-state index in [-0.39, 0.29) is 41.5 Å². The fraction of sp³-hybridized carbons (Fsp3) is 0.400. The van der Waals surface area contributed by atoms with E-state index in [1.54, 1.807) is 30.8 Å². The molecule has 2 aromatic heterocycles. The lowest BCUT2D eigenvalue weighted by atomic mass is 10.0. The smallest absolute Gasteiger partial charge is 0.272 e. The number of nitrogens with zero attached hydrogens (tertiary/aromatic N) is 4. The Morgan fingerprint density at radius 3 is 2.76 bits per heavy atom. The Morgan fingerprint density at radius 1 is 1.36 bits per heavy atom. The predicted octanol–water partition coefficient (Wildman–Crippen LogP) is 0.186. The molecule has 25 heavy (non-hydrogen) atoms. The molecule has 3 heterocycles. The second-order valence-corrected chi connectivity index (χ2v) is 5.94. The number of nitrogens with two attached hydrogens (primary N) is 1. The minimum absolute atomic E-state index is 0.0744. The summed E-state index contributed by atoms with van der Waals surface area (Å²) < 4.78 is 12.0. The van der Waals surface area contributed by atoms with Gasteiger partial charge in [0.2, 0.25) is 12.5 Å². The Kier molecular flexibility index (Phi) is 4.03. The van der Waals surface area contributed by atoms with Crippen LogP contribution in [-0.4, -0.2) is 38.4 Å². The van der Waals surface area contributed by atoms with Crippen LogP contribution in [0.5, 0.6) is 11.6 Å². The zero-order valence-electron chi connectivity index (χ0n) is 14.1. The van der Waals surface area contributed by atoms with Crippen LogP contribution in [-0.2, 0) is 12.1 Å². The fourth-order valence-electron chi connectivity index (χ4n) is 2.31. The number of primary amides is 1. The summed E-state index contributed by atoms with van der Waals surface area (Å²) in [7, 11) is 0. The van der Waals surface area contributed by atoms with Gasteiger partial charge in [0.25, 0.3) is 17.7 Å². The number of aryl methyl sites for hydroxylation is 1. The maximum absolute atomic E-state index is 12.4. The number of hydrogen-bond donors (Lipinski definition) is 2. The van der Waals surface area contributed by atoms with E-state index in [9.17, 15) is 9.59 Å². The lowest BCUT2D eigenvalue weighted by Gasteiger charge is -2.24. The first kappa shape index (κ1) is 16.7. The van der Waals surface area contributed by atoms with Crippen molar-refractivity contribution in [3.05, 3.63) is 29.5 Å². The molecule has 132 valence electrons. The van der Waals surface area contributed by atoms with Crippen molar-refractivity contribution in [1.29, 1.82) is 0 Å². The van der Waals surface area contributed by atoms with Crippen LogP contribution >= 0.6 is 0 Å². The van der Waals surface area contributed by atoms with Crippen molar-refractivity contribution in [2.75, 3.05) is 6.79 Å². The Hall–Kier alpha value is -3.17. The largest absolute Gasteiger partial charge is 0.449 e. The maximum Gasteiger partial charge on any atom is 0.272 e. The van der Waals surface area contributed by atoms with Crippen molar-refractivity contribution >= 4 is 11.8 Å². The molecule has 10 nitrogen and oxygen atoms in total. The number of fused-ring (bicyclic) bond motifs is 1. The number of carbonyl (C=O) groups excluding carboxylic acids is 2. The van der Waals surface area contributed by atoms with Crippen molar-refractivity contribution < 1.29 is 19.1 Å². The van der Waals surface area contributed by atoms with Crippen LogP contribution in [0, 0.1) is 0 Å². The molecule has 0 saturated carbocycles. The second-order valence-electron chi connectivity index (χ2n) is 5.94. The number of carbonyl (C=O) groups is 2. The third-order valence-electron chi connectivity index (χ3n) is 3.65. The third kappa shape index (κ3) is 3.10. The van der Waals surface area contributed by atoms with Gasteiger partial charge in [0, 0.05) is 12.7 Å². The van der Waals surface area contributed by atoms with Crippen LogP contribution < -0.4 is 20.5 Å². The number of amides is 2. The summed E-state index contributed by atoms with van der Waals surface area (Å²) in [5, 5.41) is 6.95. The topological polar surface area (TPSA) is 134 Å². The molecule has 0 aromatic carbocycles. The standard InChI is InChI=1S/C15H18N6O4/c1-4-21-6-5-8(20-21)12(23)19-15(2,3)14-17-9(11(16)22)10-13(18-14)25-7-24-10/h5-6H,4,7H2,1-3H3,(H2,16,22)(H,19,23). The minimum Gasteiger partial charge on any atom is -0.449 e. The molecule has 1 aliphatic heterocycles. The molecular weight excluding hydrogens is 328 g/mol. The minimum atomic E-state index is -1.00. The summed E-state index contributed by atoms with van der Waals surface area (Å²) in [6, 6.07) is 1.62. The second kappa shape index (κ2) is 6.04. The average Bonchev–Trinajstić information content (AvgIpc) is 3.22. The van der Waals surface area contributed by atoms with Gasteiger partial charge < -0.3 is 20.5 Å². The molecule has 0 unspecified atom stereocenters. The molecule has 0 radical (unpaired) electrons. The van der Waals surface area contributed by atoms with Crippen LogP contribution in [0.1, 0.15) is 47.6 Å². The average molecular weight is 346 g/mol. The van der Waals surface area contributed by atoms with E-state index in [1.807, 2.05) is 6.92 Å². The maximum atomic E-state index is 12.4. The monoisotopic (exact) mass is 346 g/mol. The van der Waals surface area contributed by atoms with E-state index in [2.05, 4.69) is 20.4 Å². The van der Waals surface area contributed by atoms with Gasteiger partial charge in [-0.05, 0) is 26.8 Å². The first-order chi connectivity index (χ1) is 11.8. The predicted molar refractivity (Wildman–Crippen MR) is 85.1 cm³/mol. The highest BCUT2D eigenvalue weighted by Crippen LogP contribution is 2.34. The van der Waals surface area contributed by atoms with Gasteiger partial charge in [-0.15, -0.1) is 0 Å². The highest BCUT2D eigenvalue weighted by atomic mass is 16.7. The van der Waals surface area contributed by atoms with E-state index in [4.69, 9.17) is 15.2 Å². The molecule has 0 saturated heterocycles. The molecule has 0 atom stereocenters. The molecule has 3 rings (SSSR count). The van der Waals surface area contributed by atoms with Crippen LogP contribution in [0.15, 0.2) is 12.3 Å². The molecular formula is C15H18N6O4. The molecule has 0 aliphatic carbocycles. The first-order valence-electron chi connectivity index (χ1n) is 7.65. The Bertz CT molecular complexity index is 845. The van der Waals surface area contributed by atoms with Crippen LogP contribution in [0.4, 0.5) is 0 Å². The molecule has 3 N–H and O–H groups in total. The first-order valence-corrected chi connectivity index (χ1v) is 7.65. The van der Waals surface area contributed by atoms with Gasteiger partial charge in [-0.2, -0.15) is 10.1 Å². The van der Waals surface area contributed by atoms with Gasteiger partial charge in [0.15, 0.2) is 11.5 Å². The van der Waals surface area contributed by atoms with Gasteiger partial charge in [0.05, 0.1) is 5.54 Å². The molecule has 0 bridgehead atoms. The van der Waals surface area contributed by atoms with Crippen molar-refractivity contribution in [1.82, 2.24) is 25.1 Å². The van der Waals surface area contributed by atoms with Crippen LogP contribution in [0.2, 0.25) is 0 Å². The quantitative estimate of drug-likeness (QED) is 0.789. The number of rotatable bonds is 5. The van der Waals surface area contributed by atoms with E-state index < -0.39 is 11.4 Å². The number of hydrogen-bond acceptors (Lipinski definition) is 7. The number of ether oxygens (including phenoxy) is 2. The zero-order valence-corrected chi connectivity index (χ0v) is 14.1. The van der Waals surface area contributed by atoms with Crippen molar-refractivity contribution in [3.63, 3.8) is 0 Å². The van der Waals surface area contributed by atoms with Gasteiger partial charge in [0.1, 0.15) is 5.69 Å². The Morgan fingerprint density at radius 2 is 2.12 bits per heavy atom.